The van der Waals surface area contributed by atoms with Crippen LogP contribution in [0.1, 0.15) is 5.56 Å². The summed E-state index contributed by atoms with van der Waals surface area (Å²) < 4.78 is 0. The van der Waals surface area contributed by atoms with Crippen LogP contribution >= 0.6 is 0 Å². The smallest absolute Gasteiger partial charge is 0.196 e. The van der Waals surface area contributed by atoms with Crippen LogP contribution in [0.25, 0.3) is 10.9 Å². The molecule has 0 saturated carbocycles. The number of anilines is 1. The van der Waals surface area contributed by atoms with Gasteiger partial charge in [-0.2, -0.15) is 0 Å². The summed E-state index contributed by atoms with van der Waals surface area (Å²) in [6, 6.07) is 10.4. The van der Waals surface area contributed by atoms with Gasteiger partial charge in [0, 0.05) is 23.5 Å². The number of halogens is 2. The van der Waals surface area contributed by atoms with E-state index in [-0.39, 0.29) is 24.8 Å². The van der Waals surface area contributed by atoms with Gasteiger partial charge in [-0.3, -0.25) is 0 Å². The number of quaternary nitrogens is 1. The Balaban J connectivity index is 0.00000110. The number of H-pyrrole nitrogens is 2. The fraction of sp³-hybridized carbons (Fsp3) is 0.133. The number of para-hydroxylation sites is 1. The van der Waals surface area contributed by atoms with Gasteiger partial charge in [0.1, 0.15) is 0 Å². The highest BCUT2D eigenvalue weighted by Crippen LogP contribution is 2.17. The molecule has 0 atom stereocenters. The van der Waals surface area contributed by atoms with E-state index in [4.69, 9.17) is 5.73 Å². The quantitative estimate of drug-likeness (QED) is 0.442. The van der Waals surface area contributed by atoms with Crippen molar-refractivity contribution >= 4 is 22.3 Å². The number of aromatic nitrogens is 2. The number of pyridine rings is 1. The third-order valence-electron chi connectivity index (χ3n) is 3.38. The summed E-state index contributed by atoms with van der Waals surface area (Å²) in [6.07, 6.45) is 6.83. The topological polar surface area (TPSA) is 72.6 Å². The molecule has 0 radical (unpaired) electrons. The fourth-order valence-corrected chi connectivity index (χ4v) is 2.36. The van der Waals surface area contributed by atoms with Crippen LogP contribution in [0.5, 0.6) is 0 Å². The minimum absolute atomic E-state index is 0. The van der Waals surface area contributed by atoms with Gasteiger partial charge < -0.3 is 40.8 Å². The zero-order valence-corrected chi connectivity index (χ0v) is 13.0. The van der Waals surface area contributed by atoms with Crippen LogP contribution < -0.4 is 40.8 Å². The molecule has 0 aliphatic rings. The van der Waals surface area contributed by atoms with Crippen molar-refractivity contribution in [2.45, 2.75) is 6.42 Å². The van der Waals surface area contributed by atoms with Crippen LogP contribution in [0.2, 0.25) is 0 Å². The molecule has 1 aromatic carbocycles. The Morgan fingerprint density at radius 2 is 1.95 bits per heavy atom. The lowest BCUT2D eigenvalue weighted by atomic mass is 10.1. The minimum Gasteiger partial charge on any atom is -1.00 e. The molecule has 6 heteroatoms. The first-order valence-corrected chi connectivity index (χ1v) is 6.48. The molecular formula is C15H18Cl2N4. The second-order valence-corrected chi connectivity index (χ2v) is 4.66. The maximum absolute atomic E-state index is 5.90. The summed E-state index contributed by atoms with van der Waals surface area (Å²) in [7, 11) is 0. The van der Waals surface area contributed by atoms with E-state index in [1.54, 1.807) is 0 Å². The van der Waals surface area contributed by atoms with Crippen molar-refractivity contribution in [3.8, 4) is 0 Å². The Morgan fingerprint density at radius 3 is 2.76 bits per heavy atom. The van der Waals surface area contributed by atoms with Gasteiger partial charge in [-0.15, -0.1) is 0 Å². The summed E-state index contributed by atoms with van der Waals surface area (Å²) in [6.45, 7) is 0.982. The van der Waals surface area contributed by atoms with E-state index >= 15 is 0 Å². The van der Waals surface area contributed by atoms with Gasteiger partial charge in [0.15, 0.2) is 23.8 Å². The normalized spacial score (nSPS) is 9.90. The molecule has 0 aliphatic heterocycles. The van der Waals surface area contributed by atoms with Crippen LogP contribution in [-0.2, 0) is 6.42 Å². The Labute approximate surface area is 136 Å². The lowest BCUT2D eigenvalue weighted by molar-refractivity contribution is -0.571. The van der Waals surface area contributed by atoms with Gasteiger partial charge in [-0.1, -0.05) is 18.2 Å². The minimum atomic E-state index is 0. The van der Waals surface area contributed by atoms with E-state index in [2.05, 4.69) is 45.7 Å². The SMILES string of the molecule is Nc1c[nH+]ccc1[NH2+]CCc1c[nH]c2ccccc12.[Cl-].[Cl-]. The number of hydrogen-bond donors (Lipinski definition) is 3. The van der Waals surface area contributed by atoms with Crippen molar-refractivity contribution in [1.29, 1.82) is 0 Å². The molecular weight excluding hydrogens is 307 g/mol. The molecule has 6 N–H and O–H groups in total. The van der Waals surface area contributed by atoms with Crippen LogP contribution in [0.3, 0.4) is 0 Å². The fourth-order valence-electron chi connectivity index (χ4n) is 2.36. The molecule has 0 fully saturated rings. The van der Waals surface area contributed by atoms with Crippen molar-refractivity contribution in [3.05, 3.63) is 54.5 Å². The van der Waals surface area contributed by atoms with Crippen molar-refractivity contribution < 1.29 is 35.1 Å². The highest BCUT2D eigenvalue weighted by Gasteiger charge is 2.07. The first-order valence-electron chi connectivity index (χ1n) is 6.48. The van der Waals surface area contributed by atoms with Gasteiger partial charge in [0.05, 0.1) is 12.6 Å². The zero-order chi connectivity index (χ0) is 13.1. The number of nitrogen functional groups attached to an aromatic ring is 1. The lowest BCUT2D eigenvalue weighted by Crippen LogP contribution is -3.00. The Bertz CT molecular complexity index is 697. The summed E-state index contributed by atoms with van der Waals surface area (Å²) >= 11 is 0. The van der Waals surface area contributed by atoms with Gasteiger partial charge in [-0.25, -0.2) is 4.98 Å². The molecule has 0 spiro atoms. The Morgan fingerprint density at radius 1 is 1.14 bits per heavy atom. The van der Waals surface area contributed by atoms with E-state index in [0.29, 0.717) is 0 Å². The molecule has 3 aromatic rings. The lowest BCUT2D eigenvalue weighted by Gasteiger charge is -2.01. The molecule has 2 aromatic heterocycles. The first kappa shape index (κ1) is 17.3. The monoisotopic (exact) mass is 324 g/mol. The number of rotatable bonds is 4. The van der Waals surface area contributed by atoms with Crippen molar-refractivity contribution in [3.63, 3.8) is 0 Å². The Hall–Kier alpha value is -1.75. The highest BCUT2D eigenvalue weighted by molar-refractivity contribution is 5.83. The van der Waals surface area contributed by atoms with Gasteiger partial charge in [-0.05, 0) is 11.6 Å². The van der Waals surface area contributed by atoms with Crippen LogP contribution in [0.15, 0.2) is 48.9 Å². The zero-order valence-electron chi connectivity index (χ0n) is 11.4. The third-order valence-corrected chi connectivity index (χ3v) is 3.38. The van der Waals surface area contributed by atoms with Crippen molar-refractivity contribution in [2.75, 3.05) is 12.3 Å². The van der Waals surface area contributed by atoms with Crippen molar-refractivity contribution in [1.82, 2.24) is 4.98 Å². The highest BCUT2D eigenvalue weighted by atomic mass is 35.5. The van der Waals surface area contributed by atoms with Crippen molar-refractivity contribution in [2.24, 2.45) is 0 Å². The molecule has 112 valence electrons. The van der Waals surface area contributed by atoms with E-state index in [0.717, 1.165) is 24.3 Å². The Kier molecular flexibility index (Phi) is 6.49. The second-order valence-electron chi connectivity index (χ2n) is 4.66. The van der Waals surface area contributed by atoms with E-state index in [1.165, 1.54) is 16.5 Å². The third kappa shape index (κ3) is 3.88. The molecule has 3 rings (SSSR count). The maximum atomic E-state index is 5.90. The van der Waals surface area contributed by atoms with Crippen LogP contribution in [0, 0.1) is 0 Å². The number of benzene rings is 1. The summed E-state index contributed by atoms with van der Waals surface area (Å²) in [5.74, 6) is 0. The number of aromatic amines is 2. The number of nitrogens with two attached hydrogens (primary N) is 2. The van der Waals surface area contributed by atoms with Crippen LogP contribution in [-0.4, -0.2) is 11.5 Å². The molecule has 21 heavy (non-hydrogen) atoms. The standard InChI is InChI=1S/C15H16N4.2ClH/c16-13-10-17-7-6-15(13)18-8-5-11-9-19-14-4-2-1-3-12(11)14;;/h1-4,6-7,9-10,19H,5,8,16H2,(H,17,18);2*1H. The molecule has 0 aliphatic carbocycles. The molecule has 0 bridgehead atoms. The number of hydrogen-bond acceptors (Lipinski definition) is 1. The van der Waals surface area contributed by atoms with Gasteiger partial charge in [0.25, 0.3) is 0 Å². The van der Waals surface area contributed by atoms with E-state index in [1.807, 2.05) is 18.5 Å². The predicted molar refractivity (Wildman–Crippen MR) is 75.9 cm³/mol. The average Bonchev–Trinajstić information content (AvgIpc) is 2.85. The summed E-state index contributed by atoms with van der Waals surface area (Å²) in [5, 5.41) is 3.50. The average molecular weight is 325 g/mol. The molecule has 2 heterocycles. The molecule has 0 amide bonds. The second kappa shape index (κ2) is 7.88. The largest absolute Gasteiger partial charge is 1.00 e. The predicted octanol–water partition coefficient (Wildman–Crippen LogP) is -4.99. The van der Waals surface area contributed by atoms with Gasteiger partial charge >= 0.3 is 0 Å². The maximum Gasteiger partial charge on any atom is 0.196 e. The first-order chi connectivity index (χ1) is 9.34. The number of nitrogens with one attached hydrogen (secondary N) is 2. The van der Waals surface area contributed by atoms with Gasteiger partial charge in [0.2, 0.25) is 0 Å². The number of fused-ring (bicyclic) bond motifs is 1. The molecule has 4 nitrogen and oxygen atoms in total. The van der Waals surface area contributed by atoms with E-state index < -0.39 is 0 Å². The van der Waals surface area contributed by atoms with E-state index in [9.17, 15) is 0 Å². The summed E-state index contributed by atoms with van der Waals surface area (Å²) in [5.41, 5.74) is 10.3. The molecule has 0 saturated heterocycles. The molecule has 0 unspecified atom stereocenters. The van der Waals surface area contributed by atoms with Crippen LogP contribution in [0.4, 0.5) is 11.4 Å². The summed E-state index contributed by atoms with van der Waals surface area (Å²) in [4.78, 5) is 6.28.